The molecule has 0 aromatic heterocycles. The number of nitrogens with one attached hydrogen (secondary N) is 1. The lowest BCUT2D eigenvalue weighted by molar-refractivity contribution is -0.144. The summed E-state index contributed by atoms with van der Waals surface area (Å²) >= 11 is 0. The van der Waals surface area contributed by atoms with Crippen LogP contribution in [0.4, 0.5) is 0 Å². The molecule has 1 N–H and O–H groups in total. The van der Waals surface area contributed by atoms with Crippen molar-refractivity contribution in [2.24, 2.45) is 5.92 Å². The van der Waals surface area contributed by atoms with Gasteiger partial charge in [0.25, 0.3) is 0 Å². The minimum atomic E-state index is -0.217. The molecule has 118 valence electrons. The highest BCUT2D eigenvalue weighted by molar-refractivity contribution is 5.76. The molecular weight excluding hydrogens is 254 g/mol. The summed E-state index contributed by atoms with van der Waals surface area (Å²) in [7, 11) is 5.72. The number of methoxy groups -OCH3 is 1. The predicted octanol–water partition coefficient (Wildman–Crippen LogP) is 0.800. The Morgan fingerprint density at radius 3 is 2.40 bits per heavy atom. The van der Waals surface area contributed by atoms with Crippen molar-refractivity contribution in [1.29, 1.82) is 0 Å². The first kappa shape index (κ1) is 17.4. The molecule has 1 fully saturated rings. The number of rotatable bonds is 7. The summed E-state index contributed by atoms with van der Waals surface area (Å²) in [5.74, 6) is 0.630. The molecule has 5 heteroatoms. The molecule has 1 unspecified atom stereocenters. The van der Waals surface area contributed by atoms with Crippen LogP contribution in [0.25, 0.3) is 0 Å². The Morgan fingerprint density at radius 2 is 1.95 bits per heavy atom. The van der Waals surface area contributed by atoms with Crippen LogP contribution in [0.3, 0.4) is 0 Å². The Morgan fingerprint density at radius 1 is 1.35 bits per heavy atom. The van der Waals surface area contributed by atoms with Crippen molar-refractivity contribution in [2.75, 3.05) is 47.4 Å². The second-order valence-electron chi connectivity index (χ2n) is 6.40. The minimum absolute atomic E-state index is 0.158. The van der Waals surface area contributed by atoms with Crippen LogP contribution in [0.5, 0.6) is 0 Å². The van der Waals surface area contributed by atoms with E-state index in [1.165, 1.54) is 26.5 Å². The van der Waals surface area contributed by atoms with Gasteiger partial charge in [-0.3, -0.25) is 4.79 Å². The van der Waals surface area contributed by atoms with Gasteiger partial charge in [0.2, 0.25) is 0 Å². The summed E-state index contributed by atoms with van der Waals surface area (Å²) < 4.78 is 4.89. The second kappa shape index (κ2) is 8.60. The van der Waals surface area contributed by atoms with E-state index >= 15 is 0 Å². The number of piperidine rings is 1. The summed E-state index contributed by atoms with van der Waals surface area (Å²) in [6.07, 6.45) is 2.43. The van der Waals surface area contributed by atoms with E-state index in [-0.39, 0.29) is 18.1 Å². The third-order valence-corrected chi connectivity index (χ3v) is 3.79. The fourth-order valence-electron chi connectivity index (χ4n) is 2.87. The van der Waals surface area contributed by atoms with Gasteiger partial charge in [-0.05, 0) is 45.9 Å². The summed E-state index contributed by atoms with van der Waals surface area (Å²) in [4.78, 5) is 16.5. The first-order valence-corrected chi connectivity index (χ1v) is 7.63. The normalized spacial score (nSPS) is 19.6. The van der Waals surface area contributed by atoms with Crippen molar-refractivity contribution in [2.45, 2.75) is 38.8 Å². The molecule has 5 nitrogen and oxygen atoms in total. The van der Waals surface area contributed by atoms with E-state index in [0.29, 0.717) is 0 Å². The fourth-order valence-corrected chi connectivity index (χ4v) is 2.87. The monoisotopic (exact) mass is 285 g/mol. The smallest absolute Gasteiger partial charge is 0.324 e. The molecule has 1 aliphatic heterocycles. The van der Waals surface area contributed by atoms with E-state index in [4.69, 9.17) is 4.74 Å². The molecule has 0 amide bonds. The number of carbonyl (C=O) groups excluding carboxylic acids is 1. The zero-order valence-electron chi connectivity index (χ0n) is 13.7. The van der Waals surface area contributed by atoms with Gasteiger partial charge in [-0.15, -0.1) is 0 Å². The van der Waals surface area contributed by atoms with Crippen LogP contribution in [0.1, 0.15) is 26.7 Å². The van der Waals surface area contributed by atoms with Crippen LogP contribution < -0.4 is 5.32 Å². The maximum absolute atomic E-state index is 11.8. The highest BCUT2D eigenvalue weighted by atomic mass is 16.5. The van der Waals surface area contributed by atoms with Gasteiger partial charge in [0.15, 0.2) is 0 Å². The van der Waals surface area contributed by atoms with E-state index in [9.17, 15) is 4.79 Å². The molecule has 0 aromatic carbocycles. The fraction of sp³-hybridized carbons (Fsp3) is 0.933. The van der Waals surface area contributed by atoms with Crippen molar-refractivity contribution in [1.82, 2.24) is 15.1 Å². The number of hydrogen-bond acceptors (Lipinski definition) is 5. The van der Waals surface area contributed by atoms with Gasteiger partial charge in [0.1, 0.15) is 6.04 Å². The van der Waals surface area contributed by atoms with Crippen LogP contribution in [-0.2, 0) is 9.53 Å². The molecule has 0 radical (unpaired) electrons. The van der Waals surface area contributed by atoms with Crippen LogP contribution in [0.2, 0.25) is 0 Å². The Labute approximate surface area is 123 Å². The van der Waals surface area contributed by atoms with Crippen LogP contribution in [-0.4, -0.2) is 75.2 Å². The van der Waals surface area contributed by atoms with Crippen molar-refractivity contribution >= 4 is 5.97 Å². The maximum Gasteiger partial charge on any atom is 0.324 e. The lowest BCUT2D eigenvalue weighted by atomic mass is 9.96. The largest absolute Gasteiger partial charge is 0.468 e. The summed E-state index contributed by atoms with van der Waals surface area (Å²) in [5.41, 5.74) is 0. The van der Waals surface area contributed by atoms with Crippen LogP contribution in [0.15, 0.2) is 0 Å². The zero-order chi connectivity index (χ0) is 15.1. The van der Waals surface area contributed by atoms with Gasteiger partial charge in [-0.1, -0.05) is 13.8 Å². The molecule has 0 aromatic rings. The molecule has 1 aliphatic rings. The molecule has 1 rings (SSSR count). The Kier molecular flexibility index (Phi) is 7.48. The molecular formula is C15H31N3O2. The quantitative estimate of drug-likeness (QED) is 0.701. The Balaban J connectivity index is 2.41. The van der Waals surface area contributed by atoms with Crippen molar-refractivity contribution in [3.8, 4) is 0 Å². The van der Waals surface area contributed by atoms with E-state index in [1.807, 2.05) is 0 Å². The predicted molar refractivity (Wildman–Crippen MR) is 81.8 cm³/mol. The third-order valence-electron chi connectivity index (χ3n) is 3.79. The van der Waals surface area contributed by atoms with E-state index in [0.717, 1.165) is 25.6 Å². The first-order chi connectivity index (χ1) is 9.42. The number of ether oxygens (including phenoxy) is 1. The van der Waals surface area contributed by atoms with Gasteiger partial charge >= 0.3 is 5.97 Å². The molecule has 0 saturated carbocycles. The average molecular weight is 285 g/mol. The SMILES string of the molecule is COC(=O)C(CN1CCC(CN(C)C)CC1)NC(C)C. The molecule has 1 atom stereocenters. The van der Waals surface area contributed by atoms with Gasteiger partial charge in [-0.25, -0.2) is 0 Å². The summed E-state index contributed by atoms with van der Waals surface area (Å²) in [6.45, 7) is 8.17. The van der Waals surface area contributed by atoms with Gasteiger partial charge < -0.3 is 19.9 Å². The van der Waals surface area contributed by atoms with E-state index in [2.05, 4.69) is 43.1 Å². The lowest BCUT2D eigenvalue weighted by Gasteiger charge is -2.35. The molecule has 0 bridgehead atoms. The van der Waals surface area contributed by atoms with E-state index < -0.39 is 0 Å². The lowest BCUT2D eigenvalue weighted by Crippen LogP contribution is -2.51. The minimum Gasteiger partial charge on any atom is -0.468 e. The zero-order valence-corrected chi connectivity index (χ0v) is 13.7. The highest BCUT2D eigenvalue weighted by Crippen LogP contribution is 2.18. The summed E-state index contributed by atoms with van der Waals surface area (Å²) in [6, 6.07) is 0.0655. The van der Waals surface area contributed by atoms with Gasteiger partial charge in [0.05, 0.1) is 7.11 Å². The third kappa shape index (κ3) is 6.20. The molecule has 0 spiro atoms. The number of hydrogen-bond donors (Lipinski definition) is 1. The van der Waals surface area contributed by atoms with Crippen molar-refractivity contribution in [3.05, 3.63) is 0 Å². The topological polar surface area (TPSA) is 44.8 Å². The standard InChI is InChI=1S/C15H31N3O2/c1-12(2)16-14(15(19)20-5)11-18-8-6-13(7-9-18)10-17(3)4/h12-14,16H,6-11H2,1-5H3. The van der Waals surface area contributed by atoms with Crippen molar-refractivity contribution < 1.29 is 9.53 Å². The number of esters is 1. The average Bonchev–Trinajstić information content (AvgIpc) is 2.38. The summed E-state index contributed by atoms with van der Waals surface area (Å²) in [5, 5.41) is 3.30. The Bertz CT molecular complexity index is 287. The van der Waals surface area contributed by atoms with Gasteiger partial charge in [0, 0.05) is 19.1 Å². The second-order valence-corrected chi connectivity index (χ2v) is 6.40. The number of carbonyl (C=O) groups is 1. The van der Waals surface area contributed by atoms with Crippen LogP contribution >= 0.6 is 0 Å². The van der Waals surface area contributed by atoms with Gasteiger partial charge in [-0.2, -0.15) is 0 Å². The maximum atomic E-state index is 11.8. The molecule has 20 heavy (non-hydrogen) atoms. The molecule has 0 aliphatic carbocycles. The first-order valence-electron chi connectivity index (χ1n) is 7.63. The molecule has 1 saturated heterocycles. The molecule has 1 heterocycles. The van der Waals surface area contributed by atoms with E-state index in [1.54, 1.807) is 0 Å². The Hall–Kier alpha value is -0.650. The van der Waals surface area contributed by atoms with Crippen LogP contribution in [0, 0.1) is 5.92 Å². The van der Waals surface area contributed by atoms with Crippen molar-refractivity contribution in [3.63, 3.8) is 0 Å². The highest BCUT2D eigenvalue weighted by Gasteiger charge is 2.26. The number of nitrogens with zero attached hydrogens (tertiary/aromatic N) is 2. The number of likely N-dealkylation sites (tertiary alicyclic amines) is 1.